The van der Waals surface area contributed by atoms with Gasteiger partial charge >= 0.3 is 5.63 Å². The minimum atomic E-state index is -0.397. The molecule has 5 nitrogen and oxygen atoms in total. The molecular weight excluding hydrogens is 242 g/mol. The molecule has 0 atom stereocenters. The summed E-state index contributed by atoms with van der Waals surface area (Å²) < 4.78 is 6.48. The fraction of sp³-hybridized carbons (Fsp3) is 0.0714. The fourth-order valence-electron chi connectivity index (χ4n) is 1.85. The molecule has 3 rings (SSSR count). The van der Waals surface area contributed by atoms with Crippen molar-refractivity contribution in [3.63, 3.8) is 0 Å². The quantitative estimate of drug-likeness (QED) is 0.702. The Bertz CT molecular complexity index is 760. The van der Waals surface area contributed by atoms with E-state index >= 15 is 0 Å². The average molecular weight is 253 g/mol. The van der Waals surface area contributed by atoms with E-state index in [1.165, 1.54) is 6.07 Å². The van der Waals surface area contributed by atoms with Crippen LogP contribution in [0.25, 0.3) is 16.9 Å². The molecule has 0 radical (unpaired) electrons. The van der Waals surface area contributed by atoms with Crippen molar-refractivity contribution in [2.75, 3.05) is 0 Å². The zero-order chi connectivity index (χ0) is 13.2. The van der Waals surface area contributed by atoms with Gasteiger partial charge in [0, 0.05) is 17.7 Å². The summed E-state index contributed by atoms with van der Waals surface area (Å²) in [6, 6.07) is 12.9. The molecule has 5 heteroatoms. The van der Waals surface area contributed by atoms with Gasteiger partial charge in [-0.05, 0) is 6.92 Å². The summed E-state index contributed by atoms with van der Waals surface area (Å²) in [4.78, 5) is 11.3. The fourth-order valence-corrected chi connectivity index (χ4v) is 1.85. The highest BCUT2D eigenvalue weighted by Gasteiger charge is 2.06. The number of rotatable bonds is 2. The van der Waals surface area contributed by atoms with Gasteiger partial charge in [0.2, 0.25) is 0 Å². The van der Waals surface area contributed by atoms with Crippen LogP contribution in [0.4, 0.5) is 0 Å². The SMILES string of the molecule is Cc1cc(-n2cc(-c3ccccc3)nn2)cc(=O)o1. The third-order valence-corrected chi connectivity index (χ3v) is 2.71. The van der Waals surface area contributed by atoms with Crippen LogP contribution in [0, 0.1) is 6.92 Å². The molecule has 0 fully saturated rings. The molecule has 0 aliphatic rings. The molecule has 0 bridgehead atoms. The summed E-state index contributed by atoms with van der Waals surface area (Å²) in [5.41, 5.74) is 1.98. The highest BCUT2D eigenvalue weighted by atomic mass is 16.4. The van der Waals surface area contributed by atoms with E-state index in [1.807, 2.05) is 30.3 Å². The van der Waals surface area contributed by atoms with Crippen LogP contribution in [0.1, 0.15) is 5.76 Å². The van der Waals surface area contributed by atoms with E-state index in [1.54, 1.807) is 23.9 Å². The molecule has 94 valence electrons. The minimum Gasteiger partial charge on any atom is -0.428 e. The highest BCUT2D eigenvalue weighted by molar-refractivity contribution is 5.57. The molecule has 0 aliphatic heterocycles. The molecule has 3 aromatic rings. The van der Waals surface area contributed by atoms with E-state index in [0.29, 0.717) is 11.4 Å². The van der Waals surface area contributed by atoms with Gasteiger partial charge < -0.3 is 4.42 Å². The lowest BCUT2D eigenvalue weighted by Gasteiger charge is -1.99. The zero-order valence-electron chi connectivity index (χ0n) is 10.3. The van der Waals surface area contributed by atoms with Crippen LogP contribution in [0.2, 0.25) is 0 Å². The number of aryl methyl sites for hydroxylation is 1. The molecule has 0 saturated heterocycles. The standard InChI is InChI=1S/C14H11N3O2/c1-10-7-12(8-14(18)19-10)17-9-13(15-16-17)11-5-3-2-4-6-11/h2-9H,1H3. The van der Waals surface area contributed by atoms with Gasteiger partial charge in [-0.15, -0.1) is 5.10 Å². The van der Waals surface area contributed by atoms with Crippen LogP contribution in [0.3, 0.4) is 0 Å². The number of hydrogen-bond acceptors (Lipinski definition) is 4. The van der Waals surface area contributed by atoms with Gasteiger partial charge in [-0.1, -0.05) is 35.5 Å². The van der Waals surface area contributed by atoms with Crippen LogP contribution in [-0.4, -0.2) is 15.0 Å². The maximum atomic E-state index is 11.3. The maximum Gasteiger partial charge on any atom is 0.338 e. The first-order chi connectivity index (χ1) is 9.22. The van der Waals surface area contributed by atoms with E-state index in [0.717, 1.165) is 11.3 Å². The van der Waals surface area contributed by atoms with Crippen LogP contribution in [0.5, 0.6) is 0 Å². The van der Waals surface area contributed by atoms with Crippen LogP contribution in [-0.2, 0) is 0 Å². The van der Waals surface area contributed by atoms with E-state index in [9.17, 15) is 4.79 Å². The Morgan fingerprint density at radius 2 is 1.95 bits per heavy atom. The minimum absolute atomic E-state index is 0.397. The van der Waals surface area contributed by atoms with Gasteiger partial charge in [-0.2, -0.15) is 0 Å². The Balaban J connectivity index is 2.04. The van der Waals surface area contributed by atoms with Crippen molar-refractivity contribution in [1.82, 2.24) is 15.0 Å². The lowest BCUT2D eigenvalue weighted by atomic mass is 10.2. The number of benzene rings is 1. The topological polar surface area (TPSA) is 60.9 Å². The number of hydrogen-bond donors (Lipinski definition) is 0. The summed E-state index contributed by atoms with van der Waals surface area (Å²) in [7, 11) is 0. The summed E-state index contributed by atoms with van der Waals surface area (Å²) in [6.45, 7) is 1.72. The second-order valence-corrected chi connectivity index (χ2v) is 4.16. The van der Waals surface area contributed by atoms with E-state index < -0.39 is 5.63 Å². The lowest BCUT2D eigenvalue weighted by molar-refractivity contribution is 0.478. The molecule has 1 aromatic carbocycles. The smallest absolute Gasteiger partial charge is 0.338 e. The number of nitrogens with zero attached hydrogens (tertiary/aromatic N) is 3. The third kappa shape index (κ3) is 2.30. The Labute approximate surface area is 109 Å². The summed E-state index contributed by atoms with van der Waals surface area (Å²) in [6.07, 6.45) is 1.78. The third-order valence-electron chi connectivity index (χ3n) is 2.71. The lowest BCUT2D eigenvalue weighted by Crippen LogP contribution is -2.04. The monoisotopic (exact) mass is 253 g/mol. The van der Waals surface area contributed by atoms with Gasteiger partial charge in [-0.25, -0.2) is 9.48 Å². The Hall–Kier alpha value is -2.69. The zero-order valence-corrected chi connectivity index (χ0v) is 10.3. The van der Waals surface area contributed by atoms with Crippen molar-refractivity contribution in [2.45, 2.75) is 6.92 Å². The molecule has 19 heavy (non-hydrogen) atoms. The Morgan fingerprint density at radius 3 is 2.68 bits per heavy atom. The summed E-state index contributed by atoms with van der Waals surface area (Å²) in [5.74, 6) is 0.541. The van der Waals surface area contributed by atoms with Crippen molar-refractivity contribution < 1.29 is 4.42 Å². The van der Waals surface area contributed by atoms with Crippen molar-refractivity contribution in [2.24, 2.45) is 0 Å². The first kappa shape index (κ1) is 11.4. The number of aromatic nitrogens is 3. The highest BCUT2D eigenvalue weighted by Crippen LogP contribution is 2.16. The average Bonchev–Trinajstić information content (AvgIpc) is 2.88. The molecule has 0 aliphatic carbocycles. The second-order valence-electron chi connectivity index (χ2n) is 4.16. The van der Waals surface area contributed by atoms with Crippen LogP contribution >= 0.6 is 0 Å². The van der Waals surface area contributed by atoms with Crippen LogP contribution in [0.15, 0.2) is 57.9 Å². The molecular formula is C14H11N3O2. The first-order valence-corrected chi connectivity index (χ1v) is 5.82. The van der Waals surface area contributed by atoms with Gasteiger partial charge in [0.05, 0.1) is 11.9 Å². The van der Waals surface area contributed by atoms with Crippen molar-refractivity contribution in [3.8, 4) is 16.9 Å². The predicted molar refractivity (Wildman–Crippen MR) is 70.1 cm³/mol. The van der Waals surface area contributed by atoms with Crippen molar-refractivity contribution >= 4 is 0 Å². The summed E-state index contributed by atoms with van der Waals surface area (Å²) in [5, 5.41) is 8.13. The van der Waals surface area contributed by atoms with Crippen molar-refractivity contribution in [1.29, 1.82) is 0 Å². The second kappa shape index (κ2) is 4.53. The molecule has 2 aromatic heterocycles. The predicted octanol–water partition coefficient (Wildman–Crippen LogP) is 2.20. The van der Waals surface area contributed by atoms with E-state index in [4.69, 9.17) is 4.42 Å². The normalized spacial score (nSPS) is 10.6. The van der Waals surface area contributed by atoms with Crippen LogP contribution < -0.4 is 5.63 Å². The molecule has 0 amide bonds. The maximum absolute atomic E-state index is 11.3. The first-order valence-electron chi connectivity index (χ1n) is 5.82. The molecule has 0 spiro atoms. The van der Waals surface area contributed by atoms with Gasteiger partial charge in [0.25, 0.3) is 0 Å². The molecule has 2 heterocycles. The van der Waals surface area contributed by atoms with Gasteiger partial charge in [0.15, 0.2) is 0 Å². The largest absolute Gasteiger partial charge is 0.428 e. The molecule has 0 saturated carbocycles. The Kier molecular flexibility index (Phi) is 2.72. The van der Waals surface area contributed by atoms with Crippen molar-refractivity contribution in [3.05, 3.63) is 64.8 Å². The molecule has 0 N–H and O–H groups in total. The Morgan fingerprint density at radius 1 is 1.16 bits per heavy atom. The van der Waals surface area contributed by atoms with E-state index in [2.05, 4.69) is 10.3 Å². The van der Waals surface area contributed by atoms with Gasteiger partial charge in [0.1, 0.15) is 11.5 Å². The summed E-state index contributed by atoms with van der Waals surface area (Å²) >= 11 is 0. The van der Waals surface area contributed by atoms with Gasteiger partial charge in [-0.3, -0.25) is 0 Å². The molecule has 0 unspecified atom stereocenters. The van der Waals surface area contributed by atoms with E-state index in [-0.39, 0.29) is 0 Å².